The predicted octanol–water partition coefficient (Wildman–Crippen LogP) is 4.79. The Bertz CT molecular complexity index is 747. The minimum Gasteiger partial charge on any atom is -0.493 e. The van der Waals surface area contributed by atoms with Gasteiger partial charge in [-0.2, -0.15) is 0 Å². The number of ether oxygens (including phenoxy) is 2. The van der Waals surface area contributed by atoms with Crippen LogP contribution in [0.25, 0.3) is 21.5 Å². The Morgan fingerprint density at radius 1 is 0.750 bits per heavy atom. The molecule has 2 heteroatoms. The van der Waals surface area contributed by atoms with Crippen molar-refractivity contribution in [3.63, 3.8) is 0 Å². The molecule has 3 aromatic rings. The maximum Gasteiger partial charge on any atom is 0.135 e. The second kappa shape index (κ2) is 5.41. The average Bonchev–Trinajstić information content (AvgIpc) is 2.48. The molecule has 3 rings (SSSR count). The fraction of sp³-hybridized carbons (Fsp3) is 0.222. The molecule has 2 nitrogen and oxygen atoms in total. The summed E-state index contributed by atoms with van der Waals surface area (Å²) in [5, 5.41) is 4.54. The van der Waals surface area contributed by atoms with E-state index in [2.05, 4.69) is 24.3 Å². The van der Waals surface area contributed by atoms with E-state index in [0.717, 1.165) is 27.7 Å². The first-order valence-electron chi connectivity index (χ1n) is 7.05. The predicted molar refractivity (Wildman–Crippen MR) is 83.8 cm³/mol. The molecular formula is C18H18O2. The molecule has 0 aliphatic heterocycles. The first-order chi connectivity index (χ1) is 9.85. The zero-order valence-corrected chi connectivity index (χ0v) is 11.8. The summed E-state index contributed by atoms with van der Waals surface area (Å²) in [5.74, 6) is 1.86. The first kappa shape index (κ1) is 12.8. The van der Waals surface area contributed by atoms with Crippen molar-refractivity contribution < 1.29 is 9.47 Å². The van der Waals surface area contributed by atoms with Crippen molar-refractivity contribution in [3.8, 4) is 11.5 Å². The van der Waals surface area contributed by atoms with Crippen molar-refractivity contribution in [2.45, 2.75) is 13.8 Å². The van der Waals surface area contributed by atoms with Crippen LogP contribution in [0.15, 0.2) is 48.5 Å². The number of hydrogen-bond donors (Lipinski definition) is 0. The van der Waals surface area contributed by atoms with Crippen LogP contribution in [-0.2, 0) is 0 Å². The van der Waals surface area contributed by atoms with E-state index in [1.54, 1.807) is 0 Å². The second-order valence-electron chi connectivity index (χ2n) is 4.64. The quantitative estimate of drug-likeness (QED) is 0.632. The third kappa shape index (κ3) is 2.07. The standard InChI is InChI=1S/C18H18O2/c1-3-19-17-11-7-10-15-16(17)12-13-8-5-6-9-14(13)18(15)20-4-2/h5-12H,3-4H2,1-2H3. The van der Waals surface area contributed by atoms with Crippen LogP contribution >= 0.6 is 0 Å². The summed E-state index contributed by atoms with van der Waals surface area (Å²) in [6, 6.07) is 16.6. The monoisotopic (exact) mass is 266 g/mol. The Labute approximate surface area is 118 Å². The maximum absolute atomic E-state index is 5.91. The van der Waals surface area contributed by atoms with Crippen LogP contribution in [0.1, 0.15) is 13.8 Å². The molecule has 0 saturated carbocycles. The van der Waals surface area contributed by atoms with Gasteiger partial charge < -0.3 is 9.47 Å². The highest BCUT2D eigenvalue weighted by Crippen LogP contribution is 2.38. The van der Waals surface area contributed by atoms with Crippen molar-refractivity contribution in [3.05, 3.63) is 48.5 Å². The van der Waals surface area contributed by atoms with Gasteiger partial charge in [0.05, 0.1) is 13.2 Å². The van der Waals surface area contributed by atoms with Crippen molar-refractivity contribution in [1.29, 1.82) is 0 Å². The van der Waals surface area contributed by atoms with E-state index in [1.807, 2.05) is 38.1 Å². The van der Waals surface area contributed by atoms with Gasteiger partial charge in [-0.05, 0) is 31.4 Å². The average molecular weight is 266 g/mol. The maximum atomic E-state index is 5.91. The van der Waals surface area contributed by atoms with Gasteiger partial charge in [-0.3, -0.25) is 0 Å². The molecule has 20 heavy (non-hydrogen) atoms. The summed E-state index contributed by atoms with van der Waals surface area (Å²) in [7, 11) is 0. The van der Waals surface area contributed by atoms with Crippen LogP contribution in [0.2, 0.25) is 0 Å². The molecule has 0 N–H and O–H groups in total. The van der Waals surface area contributed by atoms with E-state index in [1.165, 1.54) is 5.39 Å². The molecule has 0 aliphatic carbocycles. The molecule has 3 aromatic carbocycles. The molecule has 0 heterocycles. The highest BCUT2D eigenvalue weighted by Gasteiger charge is 2.11. The van der Waals surface area contributed by atoms with Crippen molar-refractivity contribution in [2.24, 2.45) is 0 Å². The minimum absolute atomic E-state index is 0.655. The van der Waals surface area contributed by atoms with Crippen molar-refractivity contribution >= 4 is 21.5 Å². The van der Waals surface area contributed by atoms with Gasteiger partial charge >= 0.3 is 0 Å². The van der Waals surface area contributed by atoms with Crippen LogP contribution in [0, 0.1) is 0 Å². The highest BCUT2D eigenvalue weighted by molar-refractivity contribution is 6.07. The van der Waals surface area contributed by atoms with E-state index in [4.69, 9.17) is 9.47 Å². The Kier molecular flexibility index (Phi) is 3.46. The third-order valence-electron chi connectivity index (χ3n) is 3.40. The zero-order valence-electron chi connectivity index (χ0n) is 11.8. The molecule has 0 amide bonds. The lowest BCUT2D eigenvalue weighted by Crippen LogP contribution is -1.96. The normalized spacial score (nSPS) is 10.9. The summed E-state index contributed by atoms with van der Waals surface area (Å²) in [4.78, 5) is 0. The van der Waals surface area contributed by atoms with Crippen molar-refractivity contribution in [2.75, 3.05) is 13.2 Å². The Morgan fingerprint density at radius 2 is 1.50 bits per heavy atom. The van der Waals surface area contributed by atoms with Gasteiger partial charge in [0.1, 0.15) is 11.5 Å². The van der Waals surface area contributed by atoms with E-state index in [-0.39, 0.29) is 0 Å². The molecule has 0 fully saturated rings. The lowest BCUT2D eigenvalue weighted by Gasteiger charge is -2.14. The van der Waals surface area contributed by atoms with Crippen LogP contribution in [0.5, 0.6) is 11.5 Å². The molecular weight excluding hydrogens is 248 g/mol. The summed E-state index contributed by atoms with van der Waals surface area (Å²) >= 11 is 0. The topological polar surface area (TPSA) is 18.5 Å². The second-order valence-corrected chi connectivity index (χ2v) is 4.64. The lowest BCUT2D eigenvalue weighted by atomic mass is 10.0. The van der Waals surface area contributed by atoms with Gasteiger partial charge in [0.2, 0.25) is 0 Å². The molecule has 0 radical (unpaired) electrons. The number of rotatable bonds is 4. The van der Waals surface area contributed by atoms with Gasteiger partial charge in [-0.15, -0.1) is 0 Å². The molecule has 0 saturated heterocycles. The number of fused-ring (bicyclic) bond motifs is 2. The Hall–Kier alpha value is -2.22. The van der Waals surface area contributed by atoms with E-state index < -0.39 is 0 Å². The molecule has 0 spiro atoms. The molecule has 0 atom stereocenters. The minimum atomic E-state index is 0.655. The molecule has 0 bridgehead atoms. The smallest absolute Gasteiger partial charge is 0.135 e. The Balaban J connectivity index is 2.39. The summed E-state index contributed by atoms with van der Waals surface area (Å²) in [6.07, 6.45) is 0. The van der Waals surface area contributed by atoms with Gasteiger partial charge in [0.15, 0.2) is 0 Å². The highest BCUT2D eigenvalue weighted by atomic mass is 16.5. The zero-order chi connectivity index (χ0) is 13.9. The van der Waals surface area contributed by atoms with Crippen LogP contribution < -0.4 is 9.47 Å². The Morgan fingerprint density at radius 3 is 2.30 bits per heavy atom. The molecule has 102 valence electrons. The number of benzene rings is 3. The van der Waals surface area contributed by atoms with E-state index in [9.17, 15) is 0 Å². The molecule has 0 aromatic heterocycles. The summed E-state index contributed by atoms with van der Waals surface area (Å²) in [6.45, 7) is 5.33. The third-order valence-corrected chi connectivity index (χ3v) is 3.40. The van der Waals surface area contributed by atoms with Crippen molar-refractivity contribution in [1.82, 2.24) is 0 Å². The largest absolute Gasteiger partial charge is 0.493 e. The van der Waals surface area contributed by atoms with E-state index >= 15 is 0 Å². The van der Waals surface area contributed by atoms with Gasteiger partial charge in [0, 0.05) is 16.2 Å². The van der Waals surface area contributed by atoms with Crippen LogP contribution in [-0.4, -0.2) is 13.2 Å². The van der Waals surface area contributed by atoms with Crippen LogP contribution in [0.4, 0.5) is 0 Å². The van der Waals surface area contributed by atoms with Crippen LogP contribution in [0.3, 0.4) is 0 Å². The summed E-state index contributed by atoms with van der Waals surface area (Å²) < 4.78 is 11.7. The summed E-state index contributed by atoms with van der Waals surface area (Å²) in [5.41, 5.74) is 0. The first-order valence-corrected chi connectivity index (χ1v) is 7.05. The van der Waals surface area contributed by atoms with E-state index in [0.29, 0.717) is 13.2 Å². The molecule has 0 unspecified atom stereocenters. The van der Waals surface area contributed by atoms with Gasteiger partial charge in [0.25, 0.3) is 0 Å². The SMILES string of the molecule is CCOc1cccc2c(OCC)c3ccccc3cc12. The van der Waals surface area contributed by atoms with Gasteiger partial charge in [-0.1, -0.05) is 36.4 Å². The lowest BCUT2D eigenvalue weighted by molar-refractivity contribution is 0.342. The fourth-order valence-electron chi connectivity index (χ4n) is 2.60. The number of hydrogen-bond acceptors (Lipinski definition) is 2. The fourth-order valence-corrected chi connectivity index (χ4v) is 2.60. The van der Waals surface area contributed by atoms with Gasteiger partial charge in [-0.25, -0.2) is 0 Å². The molecule has 0 aliphatic rings.